The molecule has 0 radical (unpaired) electrons. The molecule has 1 saturated heterocycles. The minimum Gasteiger partial charge on any atom is -0.327 e. The molecule has 9 heteroatoms. The van der Waals surface area contributed by atoms with Gasteiger partial charge in [0.05, 0.1) is 10.5 Å². The van der Waals surface area contributed by atoms with Crippen molar-refractivity contribution in [3.05, 3.63) is 29.8 Å². The molecule has 0 spiro atoms. The van der Waals surface area contributed by atoms with Gasteiger partial charge in [0.15, 0.2) is 0 Å². The highest BCUT2D eigenvalue weighted by Crippen LogP contribution is 2.40. The van der Waals surface area contributed by atoms with E-state index in [0.717, 1.165) is 31.4 Å². The molecule has 1 saturated carbocycles. The Morgan fingerprint density at radius 2 is 1.79 bits per heavy atom. The first-order valence-electron chi connectivity index (χ1n) is 7.63. The Balaban J connectivity index is 0.00000208. The zero-order valence-electron chi connectivity index (χ0n) is 12.9. The van der Waals surface area contributed by atoms with E-state index in [4.69, 9.17) is 5.73 Å². The summed E-state index contributed by atoms with van der Waals surface area (Å²) in [6.07, 6.45) is -2.04. The molecule has 1 aromatic rings. The summed E-state index contributed by atoms with van der Waals surface area (Å²) >= 11 is 0. The molecule has 24 heavy (non-hydrogen) atoms. The van der Waals surface area contributed by atoms with Crippen molar-refractivity contribution in [3.63, 3.8) is 0 Å². The summed E-state index contributed by atoms with van der Waals surface area (Å²) in [5.41, 5.74) is 4.95. The molecule has 1 aliphatic carbocycles. The minimum atomic E-state index is -4.70. The van der Waals surface area contributed by atoms with Gasteiger partial charge in [-0.25, -0.2) is 8.42 Å². The lowest BCUT2D eigenvalue weighted by atomic mass is 9.78. The van der Waals surface area contributed by atoms with E-state index in [-0.39, 0.29) is 43.4 Å². The van der Waals surface area contributed by atoms with Crippen LogP contribution in [-0.4, -0.2) is 31.9 Å². The molecular formula is C15H20ClF3N2O2S. The van der Waals surface area contributed by atoms with Gasteiger partial charge in [0, 0.05) is 19.1 Å². The maximum absolute atomic E-state index is 13.1. The Hall–Kier alpha value is -0.830. The number of sulfonamides is 1. The molecule has 136 valence electrons. The summed E-state index contributed by atoms with van der Waals surface area (Å²) in [4.78, 5) is -0.667. The van der Waals surface area contributed by atoms with E-state index >= 15 is 0 Å². The second kappa shape index (κ2) is 6.82. The summed E-state index contributed by atoms with van der Waals surface area (Å²) in [5, 5.41) is 0. The third-order valence-corrected chi connectivity index (χ3v) is 6.82. The van der Waals surface area contributed by atoms with Gasteiger partial charge in [0.25, 0.3) is 0 Å². The SMILES string of the molecule is Cl.NC1CCCC2CN(S(=O)(=O)c3ccccc3C(F)(F)F)CC12. The molecule has 2 fully saturated rings. The Morgan fingerprint density at radius 3 is 2.42 bits per heavy atom. The van der Waals surface area contributed by atoms with Crippen LogP contribution in [0.5, 0.6) is 0 Å². The average molecular weight is 385 g/mol. The Bertz CT molecular complexity index is 696. The molecule has 3 rings (SSSR count). The fourth-order valence-corrected chi connectivity index (χ4v) is 5.48. The number of hydrogen-bond acceptors (Lipinski definition) is 3. The largest absolute Gasteiger partial charge is 0.417 e. The van der Waals surface area contributed by atoms with Gasteiger partial charge in [0.1, 0.15) is 0 Å². The molecule has 1 heterocycles. The number of fused-ring (bicyclic) bond motifs is 1. The van der Waals surface area contributed by atoms with Gasteiger partial charge >= 0.3 is 6.18 Å². The number of hydrogen-bond donors (Lipinski definition) is 1. The van der Waals surface area contributed by atoms with Crippen molar-refractivity contribution in [2.75, 3.05) is 13.1 Å². The van der Waals surface area contributed by atoms with E-state index in [1.165, 1.54) is 16.4 Å². The van der Waals surface area contributed by atoms with Gasteiger partial charge in [-0.15, -0.1) is 12.4 Å². The molecule has 3 atom stereocenters. The molecular weight excluding hydrogens is 365 g/mol. The monoisotopic (exact) mass is 384 g/mol. The van der Waals surface area contributed by atoms with E-state index in [9.17, 15) is 21.6 Å². The van der Waals surface area contributed by atoms with Crippen molar-refractivity contribution in [1.29, 1.82) is 0 Å². The predicted octanol–water partition coefficient (Wildman–Crippen LogP) is 2.88. The van der Waals surface area contributed by atoms with Gasteiger partial charge in [-0.1, -0.05) is 18.6 Å². The topological polar surface area (TPSA) is 63.4 Å². The molecule has 2 aliphatic rings. The molecule has 2 N–H and O–H groups in total. The molecule has 0 bridgehead atoms. The van der Waals surface area contributed by atoms with Crippen LogP contribution in [0.15, 0.2) is 29.2 Å². The second-order valence-corrected chi connectivity index (χ2v) is 8.24. The molecule has 1 aromatic carbocycles. The second-order valence-electron chi connectivity index (χ2n) is 6.33. The number of rotatable bonds is 2. The summed E-state index contributed by atoms with van der Waals surface area (Å²) < 4.78 is 66.0. The summed E-state index contributed by atoms with van der Waals surface area (Å²) in [7, 11) is -4.18. The zero-order chi connectivity index (χ0) is 16.8. The van der Waals surface area contributed by atoms with Crippen molar-refractivity contribution in [2.45, 2.75) is 36.4 Å². The van der Waals surface area contributed by atoms with E-state index in [0.29, 0.717) is 0 Å². The van der Waals surface area contributed by atoms with Crippen molar-refractivity contribution >= 4 is 22.4 Å². The van der Waals surface area contributed by atoms with Crippen LogP contribution in [0.2, 0.25) is 0 Å². The van der Waals surface area contributed by atoms with Gasteiger partial charge < -0.3 is 5.73 Å². The third kappa shape index (κ3) is 3.42. The molecule has 3 unspecified atom stereocenters. The van der Waals surface area contributed by atoms with E-state index < -0.39 is 26.7 Å². The van der Waals surface area contributed by atoms with Crippen LogP contribution in [0, 0.1) is 11.8 Å². The van der Waals surface area contributed by atoms with E-state index in [1.807, 2.05) is 0 Å². The van der Waals surface area contributed by atoms with Gasteiger partial charge in [-0.2, -0.15) is 17.5 Å². The van der Waals surface area contributed by atoms with Gasteiger partial charge in [-0.05, 0) is 36.8 Å². The number of nitrogens with two attached hydrogens (primary N) is 1. The molecule has 4 nitrogen and oxygen atoms in total. The average Bonchev–Trinajstić information content (AvgIpc) is 2.93. The van der Waals surface area contributed by atoms with E-state index in [1.54, 1.807) is 0 Å². The fraction of sp³-hybridized carbons (Fsp3) is 0.600. The summed E-state index contributed by atoms with van der Waals surface area (Å²) in [5.74, 6) is 0.183. The first kappa shape index (κ1) is 19.5. The van der Waals surface area contributed by atoms with Crippen molar-refractivity contribution in [1.82, 2.24) is 4.31 Å². The Kier molecular flexibility index (Phi) is 5.54. The first-order chi connectivity index (χ1) is 10.7. The summed E-state index contributed by atoms with van der Waals surface area (Å²) in [6.45, 7) is 0.466. The van der Waals surface area contributed by atoms with Crippen molar-refractivity contribution < 1.29 is 21.6 Å². The maximum atomic E-state index is 13.1. The lowest BCUT2D eigenvalue weighted by molar-refractivity contribution is -0.139. The van der Waals surface area contributed by atoms with Crippen LogP contribution in [0.4, 0.5) is 13.2 Å². The van der Waals surface area contributed by atoms with Crippen LogP contribution in [0.1, 0.15) is 24.8 Å². The number of benzene rings is 1. The van der Waals surface area contributed by atoms with Crippen LogP contribution >= 0.6 is 12.4 Å². The van der Waals surface area contributed by atoms with Crippen molar-refractivity contribution in [3.8, 4) is 0 Å². The van der Waals surface area contributed by atoms with Crippen LogP contribution in [0.3, 0.4) is 0 Å². The highest BCUT2D eigenvalue weighted by Gasteiger charge is 2.45. The van der Waals surface area contributed by atoms with Gasteiger partial charge in [-0.3, -0.25) is 0 Å². The summed E-state index contributed by atoms with van der Waals surface area (Å²) in [6, 6.07) is 4.27. The lowest BCUT2D eigenvalue weighted by Gasteiger charge is -2.29. The van der Waals surface area contributed by atoms with E-state index in [2.05, 4.69) is 0 Å². The predicted molar refractivity (Wildman–Crippen MR) is 86.3 cm³/mol. The number of halogens is 4. The lowest BCUT2D eigenvalue weighted by Crippen LogP contribution is -2.38. The van der Waals surface area contributed by atoms with Crippen LogP contribution < -0.4 is 5.73 Å². The normalized spacial score (nSPS) is 28.2. The zero-order valence-corrected chi connectivity index (χ0v) is 14.5. The molecule has 1 aliphatic heterocycles. The molecule has 0 amide bonds. The molecule has 0 aromatic heterocycles. The highest BCUT2D eigenvalue weighted by atomic mass is 35.5. The standard InChI is InChI=1S/C15H19F3N2O2S.ClH/c16-15(17,18)12-5-1-2-7-14(12)23(21,22)20-8-10-4-3-6-13(19)11(10)9-20;/h1-2,5,7,10-11,13H,3-4,6,8-9,19H2;1H. The van der Waals surface area contributed by atoms with Crippen LogP contribution in [0.25, 0.3) is 0 Å². The highest BCUT2D eigenvalue weighted by molar-refractivity contribution is 7.89. The van der Waals surface area contributed by atoms with Crippen molar-refractivity contribution in [2.24, 2.45) is 17.6 Å². The van der Waals surface area contributed by atoms with Crippen LogP contribution in [-0.2, 0) is 16.2 Å². The smallest absolute Gasteiger partial charge is 0.327 e. The first-order valence-corrected chi connectivity index (χ1v) is 9.07. The third-order valence-electron chi connectivity index (χ3n) is 4.93. The fourth-order valence-electron chi connectivity index (χ4n) is 3.74. The number of alkyl halides is 3. The quantitative estimate of drug-likeness (QED) is 0.852. The number of nitrogens with zero attached hydrogens (tertiary/aromatic N) is 1. The maximum Gasteiger partial charge on any atom is 0.417 e. The van der Waals surface area contributed by atoms with Gasteiger partial charge in [0.2, 0.25) is 10.0 Å². The Morgan fingerprint density at radius 1 is 1.12 bits per heavy atom. The Labute approximate surface area is 145 Å². The minimum absolute atomic E-state index is 0.